The van der Waals surface area contributed by atoms with E-state index in [0.29, 0.717) is 5.56 Å². The van der Waals surface area contributed by atoms with Gasteiger partial charge in [0.15, 0.2) is 4.34 Å². The smallest absolute Gasteiger partial charge is 0.272 e. The molecule has 0 aliphatic heterocycles. The quantitative estimate of drug-likeness (QED) is 0.279. The maximum atomic E-state index is 11.8. The van der Waals surface area contributed by atoms with Gasteiger partial charge in [-0.05, 0) is 30.4 Å². The zero-order valence-corrected chi connectivity index (χ0v) is 15.6. The third-order valence-corrected chi connectivity index (χ3v) is 5.54. The number of thioether (sulfide) groups is 1. The van der Waals surface area contributed by atoms with Crippen LogP contribution in [0.3, 0.4) is 0 Å². The fourth-order valence-electron chi connectivity index (χ4n) is 2.17. The minimum absolute atomic E-state index is 0.0124. The molecule has 1 amide bonds. The fourth-order valence-corrected chi connectivity index (χ4v) is 4.03. The molecule has 0 fully saturated rings. The Hall–Kier alpha value is -3.04. The minimum atomic E-state index is -0.447. The van der Waals surface area contributed by atoms with Crippen molar-refractivity contribution in [1.29, 1.82) is 0 Å². The maximum Gasteiger partial charge on any atom is 0.276 e. The minimum Gasteiger partial charge on any atom is -0.272 e. The molecule has 27 heavy (non-hydrogen) atoms. The molecule has 0 aliphatic carbocycles. The lowest BCUT2D eigenvalue weighted by molar-refractivity contribution is -0.385. The number of nitrogens with zero attached hydrogens (tertiary/aromatic N) is 3. The van der Waals surface area contributed by atoms with Gasteiger partial charge in [0.1, 0.15) is 0 Å². The van der Waals surface area contributed by atoms with Crippen molar-refractivity contribution in [2.45, 2.75) is 4.34 Å². The number of benzene rings is 2. The van der Waals surface area contributed by atoms with Gasteiger partial charge >= 0.3 is 0 Å². The van der Waals surface area contributed by atoms with Crippen LogP contribution >= 0.6 is 23.1 Å². The summed E-state index contributed by atoms with van der Waals surface area (Å²) >= 11 is 2.89. The van der Waals surface area contributed by atoms with Crippen molar-refractivity contribution < 1.29 is 9.72 Å². The predicted molar refractivity (Wildman–Crippen MR) is 109 cm³/mol. The van der Waals surface area contributed by atoms with Crippen molar-refractivity contribution in [3.63, 3.8) is 0 Å². The van der Waals surface area contributed by atoms with E-state index in [9.17, 15) is 14.9 Å². The largest absolute Gasteiger partial charge is 0.276 e. The Kier molecular flexibility index (Phi) is 6.29. The average molecular weight is 398 g/mol. The molecule has 1 aromatic heterocycles. The molecule has 0 atom stereocenters. The van der Waals surface area contributed by atoms with E-state index in [4.69, 9.17) is 0 Å². The van der Waals surface area contributed by atoms with Crippen LogP contribution in [0.1, 0.15) is 5.56 Å². The molecule has 0 bridgehead atoms. The summed E-state index contributed by atoms with van der Waals surface area (Å²) in [5, 5.41) is 14.7. The van der Waals surface area contributed by atoms with Crippen molar-refractivity contribution in [1.82, 2.24) is 10.4 Å². The van der Waals surface area contributed by atoms with Crippen LogP contribution in [0.2, 0.25) is 0 Å². The number of nitro benzene ring substituents is 1. The summed E-state index contributed by atoms with van der Waals surface area (Å²) < 4.78 is 1.91. The van der Waals surface area contributed by atoms with Gasteiger partial charge in [-0.15, -0.1) is 11.3 Å². The van der Waals surface area contributed by atoms with E-state index in [-0.39, 0.29) is 17.3 Å². The molecule has 0 radical (unpaired) electrons. The number of para-hydroxylation sites is 2. The molecule has 136 valence electrons. The first-order valence-electron chi connectivity index (χ1n) is 7.84. The Morgan fingerprint density at radius 2 is 2.04 bits per heavy atom. The number of nitro groups is 1. The van der Waals surface area contributed by atoms with Gasteiger partial charge in [0.2, 0.25) is 0 Å². The van der Waals surface area contributed by atoms with E-state index in [2.05, 4.69) is 15.5 Å². The molecular weight excluding hydrogens is 384 g/mol. The highest BCUT2D eigenvalue weighted by Gasteiger charge is 2.09. The highest BCUT2D eigenvalue weighted by molar-refractivity contribution is 8.01. The summed E-state index contributed by atoms with van der Waals surface area (Å²) in [7, 11) is 0. The number of rotatable bonds is 7. The summed E-state index contributed by atoms with van der Waals surface area (Å²) in [6.07, 6.45) is 4.46. The standard InChI is InChI=1S/C18H14N4O3S2/c23-17(12-26-18-20-14-8-2-4-10-16(14)27-18)21-19-11-5-7-13-6-1-3-9-15(13)22(24)25/h1-11H,12H2,(H,21,23)/b7-5-,19-11+. The lowest BCUT2D eigenvalue weighted by Crippen LogP contribution is -2.19. The highest BCUT2D eigenvalue weighted by Crippen LogP contribution is 2.29. The highest BCUT2D eigenvalue weighted by atomic mass is 32.2. The third kappa shape index (κ3) is 5.22. The molecule has 1 heterocycles. The van der Waals surface area contributed by atoms with Crippen LogP contribution in [0.4, 0.5) is 5.69 Å². The number of carbonyl (C=O) groups is 1. The van der Waals surface area contributed by atoms with E-state index in [1.54, 1.807) is 24.3 Å². The number of amides is 1. The molecule has 0 spiro atoms. The van der Waals surface area contributed by atoms with Gasteiger partial charge in [-0.3, -0.25) is 14.9 Å². The molecule has 3 rings (SSSR count). The van der Waals surface area contributed by atoms with E-state index in [1.165, 1.54) is 41.5 Å². The van der Waals surface area contributed by atoms with Gasteiger partial charge in [0.25, 0.3) is 11.6 Å². The van der Waals surface area contributed by atoms with Crippen molar-refractivity contribution in [3.8, 4) is 0 Å². The van der Waals surface area contributed by atoms with E-state index < -0.39 is 4.92 Å². The second-order valence-corrected chi connectivity index (χ2v) is 7.48. The Bertz CT molecular complexity index is 997. The second kappa shape index (κ2) is 9.06. The first kappa shape index (κ1) is 18.7. The average Bonchev–Trinajstić information content (AvgIpc) is 3.09. The summed E-state index contributed by atoms with van der Waals surface area (Å²) in [5.74, 6) is -0.0556. The Balaban J connectivity index is 1.48. The van der Waals surface area contributed by atoms with Crippen LogP contribution in [0.15, 0.2) is 64.0 Å². The van der Waals surface area contributed by atoms with Crippen LogP contribution in [0.5, 0.6) is 0 Å². The van der Waals surface area contributed by atoms with Crippen molar-refractivity contribution in [3.05, 3.63) is 70.3 Å². The van der Waals surface area contributed by atoms with Crippen LogP contribution in [-0.2, 0) is 4.79 Å². The van der Waals surface area contributed by atoms with Crippen molar-refractivity contribution >= 4 is 57.2 Å². The number of nitrogens with one attached hydrogen (secondary N) is 1. The first-order valence-corrected chi connectivity index (χ1v) is 9.64. The van der Waals surface area contributed by atoms with Crippen molar-refractivity contribution in [2.75, 3.05) is 5.75 Å². The number of allylic oxidation sites excluding steroid dienone is 1. The molecule has 0 saturated heterocycles. The lowest BCUT2D eigenvalue weighted by Gasteiger charge is -1.97. The molecule has 9 heteroatoms. The van der Waals surface area contributed by atoms with Gasteiger partial charge < -0.3 is 0 Å². The van der Waals surface area contributed by atoms with Crippen molar-refractivity contribution in [2.24, 2.45) is 5.10 Å². The zero-order valence-electron chi connectivity index (χ0n) is 13.9. The number of thiazole rings is 1. The second-order valence-electron chi connectivity index (χ2n) is 5.22. The summed E-state index contributed by atoms with van der Waals surface area (Å²) in [5.41, 5.74) is 3.81. The monoisotopic (exact) mass is 398 g/mol. The van der Waals surface area contributed by atoms with Crippen LogP contribution < -0.4 is 5.43 Å². The number of aromatic nitrogens is 1. The van der Waals surface area contributed by atoms with Gasteiger partial charge in [0.05, 0.1) is 26.5 Å². The molecule has 3 aromatic rings. The molecule has 7 nitrogen and oxygen atoms in total. The molecule has 2 aromatic carbocycles. The van der Waals surface area contributed by atoms with Gasteiger partial charge in [-0.2, -0.15) is 5.10 Å². The fraction of sp³-hybridized carbons (Fsp3) is 0.0556. The lowest BCUT2D eigenvalue weighted by atomic mass is 10.2. The van der Waals surface area contributed by atoms with E-state index in [0.717, 1.165) is 14.6 Å². The van der Waals surface area contributed by atoms with Gasteiger partial charge in [0, 0.05) is 12.3 Å². The normalized spacial score (nSPS) is 11.4. The predicted octanol–water partition coefficient (Wildman–Crippen LogP) is 4.11. The maximum absolute atomic E-state index is 11.8. The molecular formula is C18H14N4O3S2. The number of hydrazone groups is 1. The molecule has 0 aliphatic rings. The number of carbonyl (C=O) groups excluding carboxylic acids is 1. The van der Waals surface area contributed by atoms with Crippen LogP contribution in [-0.4, -0.2) is 27.8 Å². The Morgan fingerprint density at radius 3 is 2.85 bits per heavy atom. The third-order valence-electron chi connectivity index (χ3n) is 3.36. The molecule has 1 N–H and O–H groups in total. The number of fused-ring (bicyclic) bond motifs is 1. The first-order chi connectivity index (χ1) is 13.1. The molecule has 0 unspecified atom stereocenters. The molecule has 0 saturated carbocycles. The van der Waals surface area contributed by atoms with Gasteiger partial charge in [-0.25, -0.2) is 10.4 Å². The number of hydrogen-bond acceptors (Lipinski definition) is 7. The summed E-state index contributed by atoms with van der Waals surface area (Å²) in [6, 6.07) is 14.2. The van der Waals surface area contributed by atoms with Crippen LogP contribution in [0, 0.1) is 10.1 Å². The Morgan fingerprint density at radius 1 is 1.26 bits per heavy atom. The van der Waals surface area contributed by atoms with E-state index in [1.807, 2.05) is 24.3 Å². The zero-order chi connectivity index (χ0) is 19.1. The van der Waals surface area contributed by atoms with E-state index >= 15 is 0 Å². The Labute approximate surface area is 163 Å². The summed E-state index contributed by atoms with van der Waals surface area (Å²) in [4.78, 5) is 26.7. The topological polar surface area (TPSA) is 97.5 Å². The SMILES string of the molecule is O=C(CSc1nc2ccccc2s1)N/N=C/C=C\c1ccccc1[N+](=O)[O-]. The van der Waals surface area contributed by atoms with Gasteiger partial charge in [-0.1, -0.05) is 36.0 Å². The summed E-state index contributed by atoms with van der Waals surface area (Å²) in [6.45, 7) is 0. The van der Waals surface area contributed by atoms with Crippen LogP contribution in [0.25, 0.3) is 16.3 Å². The number of hydrogen-bond donors (Lipinski definition) is 1.